The van der Waals surface area contributed by atoms with E-state index in [4.69, 9.17) is 5.11 Å². The van der Waals surface area contributed by atoms with Crippen molar-refractivity contribution in [2.24, 2.45) is 0 Å². The van der Waals surface area contributed by atoms with Gasteiger partial charge in [0.2, 0.25) is 0 Å². The first-order chi connectivity index (χ1) is 6.68. The minimum absolute atomic E-state index is 0.498. The van der Waals surface area contributed by atoms with Gasteiger partial charge in [-0.15, -0.1) is 0 Å². The Kier molecular flexibility index (Phi) is 7.99. The summed E-state index contributed by atoms with van der Waals surface area (Å²) >= 11 is 0. The van der Waals surface area contributed by atoms with Gasteiger partial charge in [-0.1, -0.05) is 32.3 Å². The minimum atomic E-state index is -0.819. The molecule has 2 N–H and O–H groups in total. The summed E-state index contributed by atoms with van der Waals surface area (Å²) in [5, 5.41) is 11.4. The first kappa shape index (κ1) is 13.0. The van der Waals surface area contributed by atoms with Gasteiger partial charge in [-0.25, -0.2) is 0 Å². The lowest BCUT2D eigenvalue weighted by Gasteiger charge is -2.04. The molecule has 0 aliphatic heterocycles. The van der Waals surface area contributed by atoms with Gasteiger partial charge in [-0.2, -0.15) is 0 Å². The van der Waals surface area contributed by atoms with Crippen molar-refractivity contribution in [2.75, 3.05) is 0 Å². The first-order valence-corrected chi connectivity index (χ1v) is 5.32. The molecule has 0 aromatic heterocycles. The van der Waals surface area contributed by atoms with Gasteiger partial charge in [0.15, 0.2) is 0 Å². The summed E-state index contributed by atoms with van der Waals surface area (Å²) in [5.41, 5.74) is 0. The molecule has 1 atom stereocenters. The van der Waals surface area contributed by atoms with Crippen LogP contribution in [0.1, 0.15) is 46.0 Å². The predicted octanol–water partition coefficient (Wildman–Crippen LogP) is 2.53. The number of carboxylic acid groups (broad SMARTS) is 1. The highest BCUT2D eigenvalue weighted by Crippen LogP contribution is 2.02. The Morgan fingerprint density at radius 1 is 1.43 bits per heavy atom. The van der Waals surface area contributed by atoms with Crippen molar-refractivity contribution in [2.45, 2.75) is 52.0 Å². The molecule has 0 rings (SSSR count). The number of hydrogen-bond donors (Lipinski definition) is 2. The van der Waals surface area contributed by atoms with Gasteiger partial charge < -0.3 is 10.4 Å². The molecule has 3 heteroatoms. The number of carboxylic acids is 1. The van der Waals surface area contributed by atoms with E-state index in [1.807, 2.05) is 6.08 Å². The van der Waals surface area contributed by atoms with Crippen LogP contribution < -0.4 is 5.32 Å². The predicted molar refractivity (Wildman–Crippen MR) is 58.1 cm³/mol. The zero-order valence-electron chi connectivity index (χ0n) is 9.12. The molecule has 0 aromatic carbocycles. The molecule has 0 aliphatic carbocycles. The third kappa shape index (κ3) is 7.65. The van der Waals surface area contributed by atoms with E-state index < -0.39 is 12.0 Å². The maximum Gasteiger partial charge on any atom is 0.325 e. The third-order valence-corrected chi connectivity index (χ3v) is 2.06. The quantitative estimate of drug-likeness (QED) is 0.591. The van der Waals surface area contributed by atoms with E-state index in [0.29, 0.717) is 0 Å². The number of hydrogen-bond acceptors (Lipinski definition) is 2. The second-order valence-corrected chi connectivity index (χ2v) is 3.48. The summed E-state index contributed by atoms with van der Waals surface area (Å²) in [6, 6.07) is -0.498. The Morgan fingerprint density at radius 3 is 2.71 bits per heavy atom. The van der Waals surface area contributed by atoms with Crippen LogP contribution in [-0.4, -0.2) is 17.1 Å². The van der Waals surface area contributed by atoms with Crippen molar-refractivity contribution in [1.29, 1.82) is 0 Å². The summed E-state index contributed by atoms with van der Waals surface area (Å²) in [7, 11) is 0. The Labute approximate surface area is 86.2 Å². The number of aliphatic carboxylic acids is 1. The molecule has 0 radical (unpaired) electrons. The Hall–Kier alpha value is -0.990. The molecule has 0 amide bonds. The van der Waals surface area contributed by atoms with Crippen LogP contribution in [0, 0.1) is 0 Å². The molecule has 0 fully saturated rings. The molecule has 0 bridgehead atoms. The van der Waals surface area contributed by atoms with Crippen molar-refractivity contribution in [3.05, 3.63) is 12.3 Å². The van der Waals surface area contributed by atoms with Gasteiger partial charge in [-0.3, -0.25) is 4.79 Å². The average Bonchev–Trinajstić information content (AvgIpc) is 2.16. The molecule has 0 aromatic rings. The number of nitrogens with one attached hydrogen (secondary N) is 1. The second kappa shape index (κ2) is 8.60. The molecule has 0 unspecified atom stereocenters. The normalized spacial score (nSPS) is 13.0. The van der Waals surface area contributed by atoms with E-state index in [1.54, 1.807) is 13.1 Å². The van der Waals surface area contributed by atoms with Crippen LogP contribution in [0.4, 0.5) is 0 Å². The van der Waals surface area contributed by atoms with E-state index in [0.717, 1.165) is 6.42 Å². The molecular weight excluding hydrogens is 178 g/mol. The lowest BCUT2D eigenvalue weighted by Crippen LogP contribution is -2.29. The molecule has 0 heterocycles. The maximum atomic E-state index is 10.4. The van der Waals surface area contributed by atoms with E-state index in [2.05, 4.69) is 12.2 Å². The Morgan fingerprint density at radius 2 is 2.14 bits per heavy atom. The van der Waals surface area contributed by atoms with Gasteiger partial charge in [0, 0.05) is 0 Å². The molecule has 3 nitrogen and oxygen atoms in total. The van der Waals surface area contributed by atoms with Gasteiger partial charge in [-0.05, 0) is 26.0 Å². The van der Waals surface area contributed by atoms with Crippen LogP contribution in [0.3, 0.4) is 0 Å². The fraction of sp³-hybridized carbons (Fsp3) is 0.727. The maximum absolute atomic E-state index is 10.4. The SMILES string of the molecule is CCCCCC/C=C/N[C@H](C)C(=O)O. The first-order valence-electron chi connectivity index (χ1n) is 5.32. The second-order valence-electron chi connectivity index (χ2n) is 3.48. The van der Waals surface area contributed by atoms with Gasteiger partial charge in [0.1, 0.15) is 6.04 Å². The molecule has 14 heavy (non-hydrogen) atoms. The summed E-state index contributed by atoms with van der Waals surface area (Å²) < 4.78 is 0. The van der Waals surface area contributed by atoms with Crippen LogP contribution in [0.15, 0.2) is 12.3 Å². The number of rotatable bonds is 8. The molecule has 0 saturated carbocycles. The van der Waals surface area contributed by atoms with Crippen LogP contribution in [0.5, 0.6) is 0 Å². The van der Waals surface area contributed by atoms with Crippen LogP contribution in [0.2, 0.25) is 0 Å². The lowest BCUT2D eigenvalue weighted by molar-refractivity contribution is -0.138. The van der Waals surface area contributed by atoms with Gasteiger partial charge in [0.05, 0.1) is 0 Å². The highest BCUT2D eigenvalue weighted by molar-refractivity contribution is 5.72. The van der Waals surface area contributed by atoms with Crippen molar-refractivity contribution >= 4 is 5.97 Å². The van der Waals surface area contributed by atoms with Crippen molar-refractivity contribution in [3.63, 3.8) is 0 Å². The van der Waals surface area contributed by atoms with Crippen molar-refractivity contribution in [1.82, 2.24) is 5.32 Å². The molecule has 82 valence electrons. The Balaban J connectivity index is 3.31. The van der Waals surface area contributed by atoms with E-state index >= 15 is 0 Å². The van der Waals surface area contributed by atoms with Crippen LogP contribution in [0.25, 0.3) is 0 Å². The third-order valence-electron chi connectivity index (χ3n) is 2.06. The lowest BCUT2D eigenvalue weighted by atomic mass is 10.1. The topological polar surface area (TPSA) is 49.3 Å². The Bertz CT molecular complexity index is 178. The fourth-order valence-electron chi connectivity index (χ4n) is 1.06. The summed E-state index contributed by atoms with van der Waals surface area (Å²) in [6.45, 7) is 3.82. The van der Waals surface area contributed by atoms with Crippen molar-refractivity contribution < 1.29 is 9.90 Å². The van der Waals surface area contributed by atoms with Gasteiger partial charge >= 0.3 is 5.97 Å². The van der Waals surface area contributed by atoms with E-state index in [1.165, 1.54) is 25.7 Å². The number of unbranched alkanes of at least 4 members (excludes halogenated alkanes) is 4. The van der Waals surface area contributed by atoms with E-state index in [9.17, 15) is 4.79 Å². The summed E-state index contributed by atoms with van der Waals surface area (Å²) in [5.74, 6) is -0.819. The van der Waals surface area contributed by atoms with Crippen LogP contribution in [-0.2, 0) is 4.79 Å². The molecule has 0 aliphatic rings. The minimum Gasteiger partial charge on any atom is -0.480 e. The highest BCUT2D eigenvalue weighted by atomic mass is 16.4. The zero-order valence-corrected chi connectivity index (χ0v) is 9.12. The van der Waals surface area contributed by atoms with Crippen molar-refractivity contribution in [3.8, 4) is 0 Å². The molecule has 0 spiro atoms. The summed E-state index contributed by atoms with van der Waals surface area (Å²) in [6.07, 6.45) is 9.74. The van der Waals surface area contributed by atoms with E-state index in [-0.39, 0.29) is 0 Å². The van der Waals surface area contributed by atoms with Gasteiger partial charge in [0.25, 0.3) is 0 Å². The number of allylic oxidation sites excluding steroid dienone is 1. The standard InChI is InChI=1S/C11H21NO2/c1-3-4-5-6-7-8-9-12-10(2)11(13)14/h8-10,12H,3-7H2,1-2H3,(H,13,14)/b9-8+/t10-/m1/s1. The van der Waals surface area contributed by atoms with Crippen LogP contribution >= 0.6 is 0 Å². The smallest absolute Gasteiger partial charge is 0.325 e. The largest absolute Gasteiger partial charge is 0.480 e. The highest BCUT2D eigenvalue weighted by Gasteiger charge is 2.05. The average molecular weight is 199 g/mol. The molecular formula is C11H21NO2. The number of carbonyl (C=O) groups is 1. The monoisotopic (exact) mass is 199 g/mol. The zero-order chi connectivity index (χ0) is 10.8. The summed E-state index contributed by atoms with van der Waals surface area (Å²) in [4.78, 5) is 10.4. The molecule has 0 saturated heterocycles. The fourth-order valence-corrected chi connectivity index (χ4v) is 1.06.